The first-order valence-corrected chi connectivity index (χ1v) is 11.3. The minimum absolute atomic E-state index is 0.261. The highest BCUT2D eigenvalue weighted by molar-refractivity contribution is 5.93. The zero-order valence-corrected chi connectivity index (χ0v) is 19.2. The predicted molar refractivity (Wildman–Crippen MR) is 128 cm³/mol. The number of methoxy groups -OCH3 is 1. The zero-order chi connectivity index (χ0) is 23.5. The Balaban J connectivity index is 1.72. The van der Waals surface area contributed by atoms with Crippen molar-refractivity contribution in [1.29, 1.82) is 0 Å². The fourth-order valence-corrected chi connectivity index (χ4v) is 3.43. The second-order valence-electron chi connectivity index (χ2n) is 7.75. The molecule has 0 fully saturated rings. The van der Waals surface area contributed by atoms with E-state index in [0.29, 0.717) is 23.5 Å². The van der Waals surface area contributed by atoms with Gasteiger partial charge in [0.05, 0.1) is 19.3 Å². The molecule has 3 rings (SSSR count). The number of unbranched alkanes of at least 4 members (excludes halogenated alkanes) is 1. The molecule has 0 atom stereocenters. The summed E-state index contributed by atoms with van der Waals surface area (Å²) in [6.45, 7) is 2.74. The number of para-hydroxylation sites is 1. The van der Waals surface area contributed by atoms with Crippen molar-refractivity contribution in [3.63, 3.8) is 0 Å². The van der Waals surface area contributed by atoms with Crippen LogP contribution in [0.15, 0.2) is 72.8 Å². The van der Waals surface area contributed by atoms with Gasteiger partial charge in [0.2, 0.25) is 0 Å². The molecule has 0 saturated carbocycles. The van der Waals surface area contributed by atoms with Gasteiger partial charge >= 0.3 is 11.9 Å². The van der Waals surface area contributed by atoms with Gasteiger partial charge in [-0.15, -0.1) is 0 Å². The molecule has 0 bridgehead atoms. The Morgan fingerprint density at radius 2 is 1.55 bits per heavy atom. The van der Waals surface area contributed by atoms with E-state index in [9.17, 15) is 9.59 Å². The maximum atomic E-state index is 12.3. The standard InChI is InChI=1S/C28H30O5/c1-3-4-19-32-27(29)24-17-14-22(15-18-24)20-33-26-23(11-8-12-25(26)28(30)31-2)16-13-21-9-6-5-7-10-21/h5-12,14-15,17-18H,3-4,13,16,19-20H2,1-2H3. The molecule has 0 N–H and O–H groups in total. The molecular formula is C28H30O5. The van der Waals surface area contributed by atoms with E-state index in [1.165, 1.54) is 12.7 Å². The van der Waals surface area contributed by atoms with Gasteiger partial charge in [-0.2, -0.15) is 0 Å². The maximum absolute atomic E-state index is 12.3. The summed E-state index contributed by atoms with van der Waals surface area (Å²) in [4.78, 5) is 24.4. The SMILES string of the molecule is CCCCOC(=O)c1ccc(COc2c(CCc3ccccc3)cccc2C(=O)OC)cc1. The minimum Gasteiger partial charge on any atom is -0.488 e. The minimum atomic E-state index is -0.434. The molecule has 0 radical (unpaired) electrons. The molecule has 0 heterocycles. The lowest BCUT2D eigenvalue weighted by atomic mass is 10.0. The summed E-state index contributed by atoms with van der Waals surface area (Å²) in [6, 6.07) is 22.8. The quantitative estimate of drug-likeness (QED) is 0.275. The monoisotopic (exact) mass is 446 g/mol. The van der Waals surface area contributed by atoms with E-state index in [2.05, 4.69) is 12.1 Å². The molecule has 0 unspecified atom stereocenters. The first-order valence-electron chi connectivity index (χ1n) is 11.3. The third-order valence-corrected chi connectivity index (χ3v) is 5.33. The number of carbonyl (C=O) groups excluding carboxylic acids is 2. The average Bonchev–Trinajstić information content (AvgIpc) is 2.86. The fraction of sp³-hybridized carbons (Fsp3) is 0.286. The molecule has 3 aromatic carbocycles. The summed E-state index contributed by atoms with van der Waals surface area (Å²) in [6.07, 6.45) is 3.39. The Hall–Kier alpha value is -3.60. The van der Waals surface area contributed by atoms with E-state index in [1.54, 1.807) is 18.2 Å². The van der Waals surface area contributed by atoms with Crippen LogP contribution in [0.5, 0.6) is 5.75 Å². The number of benzene rings is 3. The smallest absolute Gasteiger partial charge is 0.341 e. The number of carbonyl (C=O) groups is 2. The van der Waals surface area contributed by atoms with E-state index >= 15 is 0 Å². The van der Waals surface area contributed by atoms with Gasteiger partial charge in [0.25, 0.3) is 0 Å². The topological polar surface area (TPSA) is 61.8 Å². The summed E-state index contributed by atoms with van der Waals surface area (Å²) >= 11 is 0. The van der Waals surface area contributed by atoms with Crippen molar-refractivity contribution in [2.45, 2.75) is 39.2 Å². The van der Waals surface area contributed by atoms with E-state index in [1.807, 2.05) is 49.4 Å². The predicted octanol–water partition coefficient (Wildman–Crippen LogP) is 5.79. The van der Waals surface area contributed by atoms with E-state index in [-0.39, 0.29) is 12.6 Å². The largest absolute Gasteiger partial charge is 0.488 e. The number of aryl methyl sites for hydroxylation is 2. The van der Waals surface area contributed by atoms with Crippen LogP contribution in [0, 0.1) is 0 Å². The summed E-state index contributed by atoms with van der Waals surface area (Å²) in [5.41, 5.74) is 3.95. The van der Waals surface area contributed by atoms with Crippen molar-refractivity contribution in [1.82, 2.24) is 0 Å². The second-order valence-corrected chi connectivity index (χ2v) is 7.75. The Labute approximate surface area is 195 Å². The van der Waals surface area contributed by atoms with Crippen LogP contribution in [-0.4, -0.2) is 25.7 Å². The van der Waals surface area contributed by atoms with Crippen molar-refractivity contribution >= 4 is 11.9 Å². The van der Waals surface area contributed by atoms with Crippen LogP contribution in [0.3, 0.4) is 0 Å². The first kappa shape index (κ1) is 24.1. The Morgan fingerprint density at radius 1 is 0.788 bits per heavy atom. The summed E-state index contributed by atoms with van der Waals surface area (Å²) in [5, 5.41) is 0. The fourth-order valence-electron chi connectivity index (χ4n) is 3.43. The van der Waals surface area contributed by atoms with Crippen molar-refractivity contribution in [3.05, 3.63) is 101 Å². The van der Waals surface area contributed by atoms with Crippen LogP contribution in [0.25, 0.3) is 0 Å². The molecule has 0 amide bonds. The lowest BCUT2D eigenvalue weighted by Crippen LogP contribution is -2.09. The highest BCUT2D eigenvalue weighted by Gasteiger charge is 2.17. The van der Waals surface area contributed by atoms with Crippen molar-refractivity contribution < 1.29 is 23.8 Å². The second kappa shape index (κ2) is 12.4. The van der Waals surface area contributed by atoms with Gasteiger partial charge in [-0.1, -0.05) is 67.9 Å². The number of esters is 2. The summed E-state index contributed by atoms with van der Waals surface area (Å²) < 4.78 is 16.3. The number of rotatable bonds is 11. The van der Waals surface area contributed by atoms with Gasteiger partial charge in [0, 0.05) is 0 Å². The van der Waals surface area contributed by atoms with E-state index in [4.69, 9.17) is 14.2 Å². The Morgan fingerprint density at radius 3 is 2.24 bits per heavy atom. The van der Waals surface area contributed by atoms with Gasteiger partial charge in [-0.3, -0.25) is 0 Å². The summed E-state index contributed by atoms with van der Waals surface area (Å²) in [5.74, 6) is -0.227. The number of ether oxygens (including phenoxy) is 3. The molecule has 0 spiro atoms. The molecular weight excluding hydrogens is 416 g/mol. The molecule has 0 aliphatic carbocycles. The van der Waals surface area contributed by atoms with Gasteiger partial charge < -0.3 is 14.2 Å². The number of hydrogen-bond donors (Lipinski definition) is 0. The Bertz CT molecular complexity index is 1040. The van der Waals surface area contributed by atoms with E-state index in [0.717, 1.165) is 36.8 Å². The first-order chi connectivity index (χ1) is 16.1. The number of hydrogen-bond acceptors (Lipinski definition) is 5. The van der Waals surface area contributed by atoms with E-state index < -0.39 is 5.97 Å². The van der Waals surface area contributed by atoms with Gasteiger partial charge in [-0.25, -0.2) is 9.59 Å². The van der Waals surface area contributed by atoms with Crippen LogP contribution < -0.4 is 4.74 Å². The lowest BCUT2D eigenvalue weighted by Gasteiger charge is -2.15. The Kier molecular flexibility index (Phi) is 9.07. The molecule has 172 valence electrons. The van der Waals surface area contributed by atoms with Crippen LogP contribution >= 0.6 is 0 Å². The van der Waals surface area contributed by atoms with Crippen molar-refractivity contribution in [2.75, 3.05) is 13.7 Å². The van der Waals surface area contributed by atoms with Crippen LogP contribution in [0.4, 0.5) is 0 Å². The lowest BCUT2D eigenvalue weighted by molar-refractivity contribution is 0.0498. The van der Waals surface area contributed by atoms with Crippen LogP contribution in [0.1, 0.15) is 57.2 Å². The zero-order valence-electron chi connectivity index (χ0n) is 19.2. The molecule has 5 nitrogen and oxygen atoms in total. The highest BCUT2D eigenvalue weighted by Crippen LogP contribution is 2.27. The summed E-state index contributed by atoms with van der Waals surface area (Å²) in [7, 11) is 1.36. The highest BCUT2D eigenvalue weighted by atomic mass is 16.5. The van der Waals surface area contributed by atoms with Crippen LogP contribution in [0.2, 0.25) is 0 Å². The molecule has 5 heteroatoms. The van der Waals surface area contributed by atoms with Crippen molar-refractivity contribution in [3.8, 4) is 5.75 Å². The third kappa shape index (κ3) is 6.94. The molecule has 0 saturated heterocycles. The van der Waals surface area contributed by atoms with Crippen LogP contribution in [-0.2, 0) is 28.9 Å². The normalized spacial score (nSPS) is 10.5. The maximum Gasteiger partial charge on any atom is 0.341 e. The molecule has 33 heavy (non-hydrogen) atoms. The average molecular weight is 447 g/mol. The molecule has 0 aliphatic rings. The molecule has 3 aromatic rings. The molecule has 0 aromatic heterocycles. The van der Waals surface area contributed by atoms with Gasteiger partial charge in [-0.05, 0) is 54.2 Å². The van der Waals surface area contributed by atoms with Gasteiger partial charge in [0.1, 0.15) is 17.9 Å². The third-order valence-electron chi connectivity index (χ3n) is 5.33. The van der Waals surface area contributed by atoms with Gasteiger partial charge in [0.15, 0.2) is 0 Å². The molecule has 0 aliphatic heterocycles. The van der Waals surface area contributed by atoms with Crippen molar-refractivity contribution in [2.24, 2.45) is 0 Å².